The molecule has 0 spiro atoms. The third-order valence-electron chi connectivity index (χ3n) is 2.30. The van der Waals surface area contributed by atoms with Gasteiger partial charge in [0.05, 0.1) is 7.11 Å². The van der Waals surface area contributed by atoms with Crippen molar-refractivity contribution in [2.75, 3.05) is 18.8 Å². The van der Waals surface area contributed by atoms with Crippen molar-refractivity contribution in [3.8, 4) is 17.4 Å². The van der Waals surface area contributed by atoms with Crippen LogP contribution in [0, 0.1) is 0 Å². The van der Waals surface area contributed by atoms with Crippen molar-refractivity contribution in [3.63, 3.8) is 0 Å². The lowest BCUT2D eigenvalue weighted by molar-refractivity contribution is 0.372. The third-order valence-corrected chi connectivity index (χ3v) is 2.84. The van der Waals surface area contributed by atoms with Gasteiger partial charge in [-0.15, -0.1) is 0 Å². The molecular weight excluding hydrogens is 264 g/mol. The van der Waals surface area contributed by atoms with E-state index in [2.05, 4.69) is 15.4 Å². The fourth-order valence-corrected chi connectivity index (χ4v) is 1.81. The monoisotopic (exact) mass is 278 g/mol. The second kappa shape index (κ2) is 6.26. The molecule has 0 aliphatic carbocycles. The number of hydrogen-bond donors (Lipinski definition) is 2. The normalized spacial score (nSPS) is 10.1. The molecule has 0 aliphatic heterocycles. The molecule has 0 aliphatic rings. The standard InChI is InChI=1S/C12H14N4O2S/c1-17-8-5-3-4-6-9(8)18-11-7-10(16-13)14-12(15-11)19-2/h3-7H,13H2,1-2H3,(H,14,15,16). The van der Waals surface area contributed by atoms with E-state index in [4.69, 9.17) is 15.3 Å². The average Bonchev–Trinajstić information content (AvgIpc) is 2.47. The zero-order valence-electron chi connectivity index (χ0n) is 10.6. The number of nitrogens with one attached hydrogen (secondary N) is 1. The van der Waals surface area contributed by atoms with Crippen LogP contribution in [0.25, 0.3) is 0 Å². The second-order valence-corrected chi connectivity index (χ2v) is 4.25. The quantitative estimate of drug-likeness (QED) is 0.376. The number of hydrogen-bond acceptors (Lipinski definition) is 7. The lowest BCUT2D eigenvalue weighted by atomic mass is 10.3. The molecule has 0 radical (unpaired) electrons. The van der Waals surface area contributed by atoms with E-state index in [1.165, 1.54) is 11.8 Å². The Morgan fingerprint density at radius 2 is 1.95 bits per heavy atom. The van der Waals surface area contributed by atoms with Gasteiger partial charge in [-0.05, 0) is 18.4 Å². The largest absolute Gasteiger partial charge is 0.493 e. The van der Waals surface area contributed by atoms with Crippen molar-refractivity contribution in [1.29, 1.82) is 0 Å². The Kier molecular flexibility index (Phi) is 4.43. The minimum Gasteiger partial charge on any atom is -0.493 e. The minimum absolute atomic E-state index is 0.400. The first kappa shape index (κ1) is 13.4. The summed E-state index contributed by atoms with van der Waals surface area (Å²) in [5.41, 5.74) is 2.48. The lowest BCUT2D eigenvalue weighted by Gasteiger charge is -2.10. The highest BCUT2D eigenvalue weighted by atomic mass is 32.2. The van der Waals surface area contributed by atoms with Gasteiger partial charge >= 0.3 is 0 Å². The van der Waals surface area contributed by atoms with Crippen molar-refractivity contribution in [3.05, 3.63) is 30.3 Å². The first-order chi connectivity index (χ1) is 9.26. The van der Waals surface area contributed by atoms with Gasteiger partial charge in [-0.2, -0.15) is 4.98 Å². The first-order valence-corrected chi connectivity index (χ1v) is 6.70. The van der Waals surface area contributed by atoms with Crippen molar-refractivity contribution < 1.29 is 9.47 Å². The van der Waals surface area contributed by atoms with Gasteiger partial charge < -0.3 is 14.9 Å². The maximum Gasteiger partial charge on any atom is 0.225 e. The Hall–Kier alpha value is -1.99. The highest BCUT2D eigenvalue weighted by molar-refractivity contribution is 7.98. The zero-order chi connectivity index (χ0) is 13.7. The van der Waals surface area contributed by atoms with Crippen LogP contribution >= 0.6 is 11.8 Å². The number of methoxy groups -OCH3 is 1. The highest BCUT2D eigenvalue weighted by Crippen LogP contribution is 2.31. The molecule has 7 heteroatoms. The van der Waals surface area contributed by atoms with E-state index in [0.717, 1.165) is 0 Å². The van der Waals surface area contributed by atoms with E-state index in [-0.39, 0.29) is 0 Å². The van der Waals surface area contributed by atoms with Crippen LogP contribution in [0.4, 0.5) is 5.82 Å². The molecule has 0 bridgehead atoms. The van der Waals surface area contributed by atoms with Gasteiger partial charge in [-0.1, -0.05) is 23.9 Å². The van der Waals surface area contributed by atoms with E-state index in [1.807, 2.05) is 24.5 Å². The summed E-state index contributed by atoms with van der Waals surface area (Å²) in [5, 5.41) is 0.570. The average molecular weight is 278 g/mol. The topological polar surface area (TPSA) is 82.3 Å². The third kappa shape index (κ3) is 3.27. The van der Waals surface area contributed by atoms with Gasteiger partial charge in [-0.3, -0.25) is 0 Å². The number of nitrogen functional groups attached to an aromatic ring is 1. The Morgan fingerprint density at radius 1 is 1.21 bits per heavy atom. The van der Waals surface area contributed by atoms with Crippen LogP contribution in [0.5, 0.6) is 17.4 Å². The van der Waals surface area contributed by atoms with Crippen LogP contribution in [0.2, 0.25) is 0 Å². The van der Waals surface area contributed by atoms with Crippen molar-refractivity contribution >= 4 is 17.6 Å². The Morgan fingerprint density at radius 3 is 2.58 bits per heavy atom. The van der Waals surface area contributed by atoms with E-state index in [0.29, 0.717) is 28.4 Å². The van der Waals surface area contributed by atoms with Crippen LogP contribution < -0.4 is 20.7 Å². The molecule has 1 aromatic carbocycles. The predicted molar refractivity (Wildman–Crippen MR) is 74.7 cm³/mol. The predicted octanol–water partition coefficient (Wildman–Crippen LogP) is 2.29. The fraction of sp³-hybridized carbons (Fsp3) is 0.167. The van der Waals surface area contributed by atoms with Gasteiger partial charge in [0.15, 0.2) is 16.7 Å². The van der Waals surface area contributed by atoms with Gasteiger partial charge in [0.25, 0.3) is 0 Å². The molecule has 0 saturated carbocycles. The maximum atomic E-state index is 5.70. The summed E-state index contributed by atoms with van der Waals surface area (Å²) >= 11 is 1.40. The number of aromatic nitrogens is 2. The van der Waals surface area contributed by atoms with Crippen LogP contribution in [-0.2, 0) is 0 Å². The van der Waals surface area contributed by atoms with Crippen LogP contribution in [0.3, 0.4) is 0 Å². The number of para-hydroxylation sites is 2. The number of thioether (sulfide) groups is 1. The Bertz CT molecular complexity index is 543. The summed E-state index contributed by atoms with van der Waals surface area (Å²) < 4.78 is 10.9. The van der Waals surface area contributed by atoms with Gasteiger partial charge in [0, 0.05) is 6.07 Å². The molecular formula is C12H14N4O2S. The van der Waals surface area contributed by atoms with Crippen molar-refractivity contribution in [2.45, 2.75) is 5.16 Å². The first-order valence-electron chi connectivity index (χ1n) is 5.47. The number of rotatable bonds is 5. The molecule has 19 heavy (non-hydrogen) atoms. The van der Waals surface area contributed by atoms with E-state index >= 15 is 0 Å². The van der Waals surface area contributed by atoms with E-state index in [9.17, 15) is 0 Å². The van der Waals surface area contributed by atoms with Gasteiger partial charge in [-0.25, -0.2) is 10.8 Å². The molecule has 1 heterocycles. The Balaban J connectivity index is 2.32. The summed E-state index contributed by atoms with van der Waals surface area (Å²) in [6.07, 6.45) is 1.88. The minimum atomic E-state index is 0.400. The summed E-state index contributed by atoms with van der Waals surface area (Å²) in [4.78, 5) is 8.41. The number of hydrazine groups is 1. The molecule has 2 aromatic rings. The van der Waals surface area contributed by atoms with Crippen LogP contribution in [-0.4, -0.2) is 23.3 Å². The highest BCUT2D eigenvalue weighted by Gasteiger charge is 2.08. The number of benzene rings is 1. The van der Waals surface area contributed by atoms with Crippen LogP contribution in [0.15, 0.2) is 35.5 Å². The molecule has 2 rings (SSSR count). The SMILES string of the molecule is COc1ccccc1Oc1cc(NN)nc(SC)n1. The number of ether oxygens (including phenoxy) is 2. The summed E-state index contributed by atoms with van der Waals surface area (Å²) in [6.45, 7) is 0. The van der Waals surface area contributed by atoms with Gasteiger partial charge in [0.1, 0.15) is 5.82 Å². The zero-order valence-corrected chi connectivity index (χ0v) is 11.4. The van der Waals surface area contributed by atoms with Crippen molar-refractivity contribution in [1.82, 2.24) is 9.97 Å². The molecule has 0 saturated heterocycles. The van der Waals surface area contributed by atoms with Crippen LogP contribution in [0.1, 0.15) is 0 Å². The molecule has 0 unspecified atom stereocenters. The van der Waals surface area contributed by atoms with Gasteiger partial charge in [0.2, 0.25) is 5.88 Å². The summed E-state index contributed by atoms with van der Waals surface area (Å²) in [6, 6.07) is 8.96. The van der Waals surface area contributed by atoms with Crippen molar-refractivity contribution in [2.24, 2.45) is 5.84 Å². The number of nitrogens with zero attached hydrogens (tertiary/aromatic N) is 2. The molecule has 0 amide bonds. The molecule has 100 valence electrons. The molecule has 0 fully saturated rings. The van der Waals surface area contributed by atoms with E-state index < -0.39 is 0 Å². The fourth-order valence-electron chi connectivity index (χ4n) is 1.44. The molecule has 0 atom stereocenters. The summed E-state index contributed by atoms with van der Waals surface area (Å²) in [7, 11) is 1.59. The smallest absolute Gasteiger partial charge is 0.225 e. The Labute approximate surface area is 115 Å². The number of nitrogens with two attached hydrogens (primary N) is 1. The maximum absolute atomic E-state index is 5.70. The lowest BCUT2D eigenvalue weighted by Crippen LogP contribution is -2.09. The molecule has 3 N–H and O–H groups in total. The molecule has 6 nitrogen and oxygen atoms in total. The van der Waals surface area contributed by atoms with E-state index in [1.54, 1.807) is 19.2 Å². The number of anilines is 1. The molecule has 1 aromatic heterocycles. The summed E-state index contributed by atoms with van der Waals surface area (Å²) in [5.74, 6) is 7.47. The second-order valence-electron chi connectivity index (χ2n) is 3.48.